The topological polar surface area (TPSA) is 88.0 Å². The Bertz CT molecular complexity index is 1400. The van der Waals surface area contributed by atoms with Gasteiger partial charge in [-0.2, -0.15) is 0 Å². The maximum absolute atomic E-state index is 9.42. The third-order valence-corrected chi connectivity index (χ3v) is 10.5. The van der Waals surface area contributed by atoms with Gasteiger partial charge in [0.25, 0.3) is 6.47 Å². The number of phenols is 1. The molecule has 0 amide bonds. The number of aromatic hydroxyl groups is 1. The van der Waals surface area contributed by atoms with Crippen LogP contribution < -0.4 is 118 Å². The van der Waals surface area contributed by atoms with Crippen molar-refractivity contribution < 1.29 is 134 Å². The molecule has 0 aliphatic rings. The van der Waals surface area contributed by atoms with Crippen LogP contribution in [0.25, 0.3) is 0 Å². The SMILES string of the molecule is BrCCCBr.CC(C)(C)c1cc(Cl)c(O)c(Br)c1.CC(C)(C)c1cc(Cl)c(OCCCOc2c(Cl)cc(C(C)(C)C)cc2Br)c(Br)c1.O=CO[O-].[H-].[K+].[K+]. The molecule has 6 nitrogen and oxygen atoms in total. The largest absolute Gasteiger partial charge is 1.00 e. The minimum Gasteiger partial charge on any atom is -1.00 e. The van der Waals surface area contributed by atoms with Gasteiger partial charge in [0, 0.05) is 17.1 Å². The van der Waals surface area contributed by atoms with Gasteiger partial charge >= 0.3 is 103 Å². The molecule has 0 unspecified atom stereocenters. The first-order valence-electron chi connectivity index (χ1n) is 15.7. The fraction of sp³-hybridized carbons (Fsp3) is 0.486. The number of rotatable bonds is 9. The summed E-state index contributed by atoms with van der Waals surface area (Å²) in [6, 6.07) is 11.7. The smallest absolute Gasteiger partial charge is 1.00 e. The van der Waals surface area contributed by atoms with Crippen molar-refractivity contribution in [1.29, 1.82) is 0 Å². The zero-order chi connectivity index (χ0) is 39.7. The molecule has 1 N–H and O–H groups in total. The number of carbonyl (C=O) groups is 1. The fourth-order valence-corrected chi connectivity index (χ4v) is 7.75. The van der Waals surface area contributed by atoms with Crippen molar-refractivity contribution in [1.82, 2.24) is 0 Å². The number of phenolic OH excluding ortho intramolecular Hbond substituents is 1. The summed E-state index contributed by atoms with van der Waals surface area (Å²) < 4.78 is 14.2. The number of alkyl halides is 2. The van der Waals surface area contributed by atoms with Crippen LogP contribution in [0, 0.1) is 0 Å². The summed E-state index contributed by atoms with van der Waals surface area (Å²) in [4.78, 5) is 11.2. The second kappa shape index (κ2) is 30.1. The van der Waals surface area contributed by atoms with E-state index in [1.165, 1.54) is 6.42 Å². The van der Waals surface area contributed by atoms with Crippen LogP contribution in [-0.2, 0) is 25.9 Å². The van der Waals surface area contributed by atoms with E-state index >= 15 is 0 Å². The predicted octanol–water partition coefficient (Wildman–Crippen LogP) is 7.79. The van der Waals surface area contributed by atoms with Crippen LogP contribution in [0.2, 0.25) is 15.1 Å². The average Bonchev–Trinajstić information content (AvgIpc) is 3.01. The van der Waals surface area contributed by atoms with Crippen LogP contribution in [0.3, 0.4) is 0 Å². The number of ether oxygens (including phenoxy) is 2. The fourth-order valence-electron chi connectivity index (χ4n) is 3.72. The van der Waals surface area contributed by atoms with Gasteiger partial charge in [-0.05, 0) is 124 Å². The molecule has 3 aromatic carbocycles. The quantitative estimate of drug-likeness (QED) is 0.0589. The van der Waals surface area contributed by atoms with Gasteiger partial charge in [0.1, 0.15) is 5.75 Å². The Morgan fingerprint density at radius 1 is 0.642 bits per heavy atom. The molecule has 0 aliphatic carbocycles. The van der Waals surface area contributed by atoms with Gasteiger partial charge in [0.2, 0.25) is 0 Å². The van der Waals surface area contributed by atoms with Crippen molar-refractivity contribution in [2.45, 2.75) is 91.4 Å². The van der Waals surface area contributed by atoms with Crippen molar-refractivity contribution in [3.63, 3.8) is 0 Å². The summed E-state index contributed by atoms with van der Waals surface area (Å²) in [7, 11) is 0. The minimum absolute atomic E-state index is 0. The molecule has 3 rings (SSSR count). The first-order chi connectivity index (χ1) is 23.5. The van der Waals surface area contributed by atoms with Crippen LogP contribution in [0.15, 0.2) is 49.8 Å². The number of hydrogen-bond donors (Lipinski definition) is 1. The number of halogens is 8. The molecule has 0 fully saturated rings. The van der Waals surface area contributed by atoms with Gasteiger partial charge < -0.3 is 26.2 Å². The molecule has 53 heavy (non-hydrogen) atoms. The van der Waals surface area contributed by atoms with Crippen LogP contribution in [0.1, 0.15) is 93.3 Å². The van der Waals surface area contributed by atoms with E-state index in [4.69, 9.17) is 54.3 Å². The molecule has 0 aliphatic heterocycles. The van der Waals surface area contributed by atoms with Crippen LogP contribution >= 0.6 is 114 Å². The Balaban J connectivity index is -0.000000415. The summed E-state index contributed by atoms with van der Waals surface area (Å²) in [6.45, 7) is 20.0. The van der Waals surface area contributed by atoms with Gasteiger partial charge in [-0.1, -0.05) is 129 Å². The van der Waals surface area contributed by atoms with Gasteiger partial charge in [0.05, 0.1) is 41.7 Å². The molecule has 0 spiro atoms. The van der Waals surface area contributed by atoms with E-state index in [-0.39, 0.29) is 133 Å². The van der Waals surface area contributed by atoms with E-state index in [9.17, 15) is 5.11 Å². The van der Waals surface area contributed by atoms with Crippen molar-refractivity contribution in [2.75, 3.05) is 23.9 Å². The zero-order valence-corrected chi connectivity index (χ0v) is 48.7. The predicted molar refractivity (Wildman–Crippen MR) is 231 cm³/mol. The Kier molecular flexibility index (Phi) is 34.3. The van der Waals surface area contributed by atoms with Crippen LogP contribution in [0.4, 0.5) is 0 Å². The molecule has 16 heteroatoms. The molecule has 0 atom stereocenters. The van der Waals surface area contributed by atoms with E-state index in [0.717, 1.165) is 36.3 Å². The molecular weight excluding hydrogens is 1120 g/mol. The first kappa shape index (κ1) is 60.3. The second-order valence-electron chi connectivity index (χ2n) is 14.1. The molecule has 0 radical (unpaired) electrons. The van der Waals surface area contributed by atoms with E-state index in [1.54, 1.807) is 6.07 Å². The Hall–Kier alpha value is 3.03. The number of hydrogen-bond acceptors (Lipinski definition) is 6. The molecule has 0 saturated carbocycles. The van der Waals surface area contributed by atoms with E-state index in [0.29, 0.717) is 50.7 Å². The third-order valence-electron chi connectivity index (χ3n) is 6.70. The van der Waals surface area contributed by atoms with Crippen molar-refractivity contribution in [3.05, 3.63) is 81.6 Å². The Morgan fingerprint density at radius 3 is 1.17 bits per heavy atom. The third kappa shape index (κ3) is 24.2. The van der Waals surface area contributed by atoms with Crippen molar-refractivity contribution >= 4 is 121 Å². The molecule has 0 heterocycles. The summed E-state index contributed by atoms with van der Waals surface area (Å²) in [6.07, 6.45) is 1.92. The Labute approximate surface area is 460 Å². The van der Waals surface area contributed by atoms with Crippen molar-refractivity contribution in [3.8, 4) is 17.2 Å². The van der Waals surface area contributed by atoms with Crippen LogP contribution in [0.5, 0.6) is 17.2 Å². The van der Waals surface area contributed by atoms with Crippen LogP contribution in [-0.4, -0.2) is 35.5 Å². The second-order valence-corrected chi connectivity index (χ2v) is 19.4. The number of benzene rings is 3. The summed E-state index contributed by atoms with van der Waals surface area (Å²) in [5.74, 6) is 1.43. The van der Waals surface area contributed by atoms with Gasteiger partial charge in [0.15, 0.2) is 11.5 Å². The first-order valence-corrected chi connectivity index (χ1v) is 21.5. The average molecular weight is 1170 g/mol. The van der Waals surface area contributed by atoms with E-state index in [1.807, 2.05) is 18.2 Å². The molecule has 0 aromatic heterocycles. The van der Waals surface area contributed by atoms with Crippen molar-refractivity contribution in [2.24, 2.45) is 0 Å². The Morgan fingerprint density at radius 2 is 0.943 bits per heavy atom. The number of carbonyl (C=O) groups excluding carboxylic acids is 1. The van der Waals surface area contributed by atoms with Gasteiger partial charge in [-0.15, -0.1) is 0 Å². The monoisotopic (exact) mass is 1170 g/mol. The molecule has 0 saturated heterocycles. The van der Waals surface area contributed by atoms with Gasteiger partial charge in [-0.3, -0.25) is 4.79 Å². The van der Waals surface area contributed by atoms with Gasteiger partial charge in [-0.25, -0.2) is 0 Å². The summed E-state index contributed by atoms with van der Waals surface area (Å²) >= 11 is 35.7. The normalized spacial score (nSPS) is 10.8. The summed E-state index contributed by atoms with van der Waals surface area (Å²) in [5, 5.41) is 21.7. The maximum Gasteiger partial charge on any atom is 1.00 e. The molecular formula is C37H48Br5Cl3K2O6. The summed E-state index contributed by atoms with van der Waals surface area (Å²) in [5.41, 5.74) is 3.50. The maximum atomic E-state index is 9.42. The molecule has 3 aromatic rings. The molecule has 0 bridgehead atoms. The molecule has 290 valence electrons. The standard InChI is InChI=1S/C23H28Br2Cl2O2.C10H12BrClO.C3H6Br2.CH2O3.2K.H/c1-22(2,3)14-10-16(24)20(18(26)12-14)28-8-7-9-29-21-17(25)11-15(13-19(21)27)23(4,5)6;1-10(2,3)6-4-7(11)9(13)8(12)5-6;4-2-1-3-5;2-1-4-3;;;/h10-13H,7-9H2,1-6H3;4-5,13H,1-3H3;1-3H2;1,3H;;;/q;;;;2*+1;-1/p-1. The minimum atomic E-state index is -0.181. The van der Waals surface area contributed by atoms with E-state index in [2.05, 4.69) is 159 Å². The zero-order valence-electron chi connectivity index (χ0n) is 33.3. The van der Waals surface area contributed by atoms with E-state index < -0.39 is 0 Å².